The van der Waals surface area contributed by atoms with Crippen LogP contribution in [0.3, 0.4) is 0 Å². The first-order chi connectivity index (χ1) is 8.22. The van der Waals surface area contributed by atoms with E-state index < -0.39 is 11.6 Å². The van der Waals surface area contributed by atoms with Gasteiger partial charge in [-0.2, -0.15) is 0 Å². The average Bonchev–Trinajstić information content (AvgIpc) is 2.26. The van der Waals surface area contributed by atoms with E-state index in [-0.39, 0.29) is 6.61 Å². The zero-order chi connectivity index (χ0) is 12.5. The van der Waals surface area contributed by atoms with Crippen LogP contribution in [0.4, 0.5) is 8.78 Å². The smallest absolute Gasteiger partial charge is 0.126 e. The number of hydrogen-bond donors (Lipinski definition) is 2. The summed E-state index contributed by atoms with van der Waals surface area (Å²) in [5.74, 6) is -1.12. The maximum atomic E-state index is 12.8. The van der Waals surface area contributed by atoms with E-state index in [1.165, 1.54) is 12.1 Å². The van der Waals surface area contributed by atoms with Gasteiger partial charge in [0.2, 0.25) is 0 Å². The molecule has 0 saturated carbocycles. The first-order valence-electron chi connectivity index (χ1n) is 5.56. The topological polar surface area (TPSA) is 41.5 Å². The Hall–Kier alpha value is -1.04. The molecule has 2 N–H and O–H groups in total. The molecule has 1 aromatic rings. The highest BCUT2D eigenvalue weighted by molar-refractivity contribution is 5.17. The normalized spacial score (nSPS) is 10.8. The van der Waals surface area contributed by atoms with Crippen molar-refractivity contribution < 1.29 is 18.6 Å². The van der Waals surface area contributed by atoms with Gasteiger partial charge in [0.1, 0.15) is 11.6 Å². The molecule has 96 valence electrons. The van der Waals surface area contributed by atoms with Gasteiger partial charge in [-0.1, -0.05) is 0 Å². The maximum Gasteiger partial charge on any atom is 0.126 e. The molecule has 0 atom stereocenters. The first-order valence-corrected chi connectivity index (χ1v) is 5.56. The van der Waals surface area contributed by atoms with Gasteiger partial charge in [-0.05, 0) is 30.7 Å². The summed E-state index contributed by atoms with van der Waals surface area (Å²) in [5.41, 5.74) is 0.582. The molecule has 0 aliphatic heterocycles. The Kier molecular flexibility index (Phi) is 6.69. The van der Waals surface area contributed by atoms with Gasteiger partial charge in [0.25, 0.3) is 0 Å². The van der Waals surface area contributed by atoms with Gasteiger partial charge in [-0.15, -0.1) is 0 Å². The third kappa shape index (κ3) is 6.31. The Morgan fingerprint density at radius 3 is 2.47 bits per heavy atom. The predicted molar refractivity (Wildman–Crippen MR) is 60.6 cm³/mol. The maximum absolute atomic E-state index is 12.8. The van der Waals surface area contributed by atoms with Crippen molar-refractivity contribution in [2.45, 2.75) is 13.0 Å². The molecule has 1 rings (SSSR count). The lowest BCUT2D eigenvalue weighted by Gasteiger charge is -2.06. The van der Waals surface area contributed by atoms with Gasteiger partial charge in [-0.25, -0.2) is 8.78 Å². The van der Waals surface area contributed by atoms with Crippen LogP contribution in [0.15, 0.2) is 18.2 Å². The minimum Gasteiger partial charge on any atom is -0.394 e. The zero-order valence-corrected chi connectivity index (χ0v) is 9.59. The van der Waals surface area contributed by atoms with E-state index in [0.29, 0.717) is 31.9 Å². The Labute approximate surface area is 99.4 Å². The molecule has 5 heteroatoms. The third-order valence-electron chi connectivity index (χ3n) is 2.13. The van der Waals surface area contributed by atoms with E-state index in [1.54, 1.807) is 0 Å². The largest absolute Gasteiger partial charge is 0.394 e. The summed E-state index contributed by atoms with van der Waals surface area (Å²) in [6, 6.07) is 3.46. The zero-order valence-electron chi connectivity index (χ0n) is 9.59. The minimum atomic E-state index is -0.562. The quantitative estimate of drug-likeness (QED) is 0.681. The van der Waals surface area contributed by atoms with Gasteiger partial charge < -0.3 is 15.2 Å². The number of rotatable bonds is 8. The molecule has 0 aliphatic rings. The molecule has 1 aromatic carbocycles. The molecule has 0 spiro atoms. The van der Waals surface area contributed by atoms with E-state index in [2.05, 4.69) is 5.32 Å². The summed E-state index contributed by atoms with van der Waals surface area (Å²) in [6.07, 6.45) is 0.789. The summed E-state index contributed by atoms with van der Waals surface area (Å²) in [5, 5.41) is 11.5. The van der Waals surface area contributed by atoms with Gasteiger partial charge in [0.15, 0.2) is 0 Å². The van der Waals surface area contributed by atoms with E-state index in [1.807, 2.05) is 0 Å². The van der Waals surface area contributed by atoms with Crippen molar-refractivity contribution in [1.82, 2.24) is 5.32 Å². The highest BCUT2D eigenvalue weighted by Crippen LogP contribution is 2.07. The molecule has 0 aliphatic carbocycles. The standard InChI is InChI=1S/C12H17F2NO2/c13-11-6-10(7-12(14)8-11)9-15-2-1-4-17-5-3-16/h6-8,15-16H,1-5,9H2. The van der Waals surface area contributed by atoms with Crippen LogP contribution in [0.2, 0.25) is 0 Å². The van der Waals surface area contributed by atoms with Gasteiger partial charge in [0.05, 0.1) is 13.2 Å². The number of ether oxygens (including phenoxy) is 1. The molecule has 17 heavy (non-hydrogen) atoms. The number of halogens is 2. The Bertz CT molecular complexity index is 314. The second-order valence-electron chi connectivity index (χ2n) is 3.64. The second kappa shape index (κ2) is 8.11. The molecule has 0 amide bonds. The molecule has 0 radical (unpaired) electrons. The molecule has 0 bridgehead atoms. The Morgan fingerprint density at radius 2 is 1.82 bits per heavy atom. The van der Waals surface area contributed by atoms with Crippen LogP contribution in [-0.4, -0.2) is 31.5 Å². The number of aliphatic hydroxyl groups is 1. The summed E-state index contributed by atoms with van der Waals surface area (Å²) < 4.78 is 30.7. The van der Waals surface area contributed by atoms with E-state index in [4.69, 9.17) is 9.84 Å². The highest BCUT2D eigenvalue weighted by Gasteiger charge is 1.99. The molecule has 0 fully saturated rings. The van der Waals surface area contributed by atoms with Gasteiger partial charge in [-0.3, -0.25) is 0 Å². The SMILES string of the molecule is OCCOCCCNCc1cc(F)cc(F)c1. The average molecular weight is 245 g/mol. The molecule has 0 heterocycles. The van der Waals surface area contributed by atoms with Crippen molar-refractivity contribution in [2.75, 3.05) is 26.4 Å². The lowest BCUT2D eigenvalue weighted by Crippen LogP contribution is -2.17. The summed E-state index contributed by atoms with van der Waals surface area (Å²) in [6.45, 7) is 2.05. The summed E-state index contributed by atoms with van der Waals surface area (Å²) >= 11 is 0. The lowest BCUT2D eigenvalue weighted by atomic mass is 10.2. The third-order valence-corrected chi connectivity index (χ3v) is 2.13. The summed E-state index contributed by atoms with van der Waals surface area (Å²) in [4.78, 5) is 0. The van der Waals surface area contributed by atoms with E-state index in [9.17, 15) is 8.78 Å². The van der Waals surface area contributed by atoms with Crippen LogP contribution < -0.4 is 5.32 Å². The molecule has 0 aromatic heterocycles. The van der Waals surface area contributed by atoms with Crippen LogP contribution in [0, 0.1) is 11.6 Å². The van der Waals surface area contributed by atoms with Gasteiger partial charge in [0, 0.05) is 19.2 Å². The Morgan fingerprint density at radius 1 is 1.12 bits per heavy atom. The predicted octanol–water partition coefficient (Wildman–Crippen LogP) is 1.45. The Balaban J connectivity index is 2.13. The van der Waals surface area contributed by atoms with Crippen LogP contribution in [0.25, 0.3) is 0 Å². The number of benzene rings is 1. The minimum absolute atomic E-state index is 0.0238. The van der Waals surface area contributed by atoms with Crippen molar-refractivity contribution in [1.29, 1.82) is 0 Å². The van der Waals surface area contributed by atoms with Gasteiger partial charge >= 0.3 is 0 Å². The number of aliphatic hydroxyl groups excluding tert-OH is 1. The molecule has 0 saturated heterocycles. The van der Waals surface area contributed by atoms with Crippen molar-refractivity contribution in [3.05, 3.63) is 35.4 Å². The van der Waals surface area contributed by atoms with Crippen molar-refractivity contribution >= 4 is 0 Å². The first kappa shape index (κ1) is 14.0. The fraction of sp³-hybridized carbons (Fsp3) is 0.500. The van der Waals surface area contributed by atoms with Crippen LogP contribution in [0.1, 0.15) is 12.0 Å². The number of hydrogen-bond acceptors (Lipinski definition) is 3. The lowest BCUT2D eigenvalue weighted by molar-refractivity contribution is 0.0907. The van der Waals surface area contributed by atoms with Crippen molar-refractivity contribution in [3.8, 4) is 0 Å². The second-order valence-corrected chi connectivity index (χ2v) is 3.64. The van der Waals surface area contributed by atoms with Crippen LogP contribution in [0.5, 0.6) is 0 Å². The highest BCUT2D eigenvalue weighted by atomic mass is 19.1. The van der Waals surface area contributed by atoms with E-state index >= 15 is 0 Å². The summed E-state index contributed by atoms with van der Waals surface area (Å²) in [7, 11) is 0. The molecule has 0 unspecified atom stereocenters. The van der Waals surface area contributed by atoms with Crippen LogP contribution in [-0.2, 0) is 11.3 Å². The fourth-order valence-corrected chi connectivity index (χ4v) is 1.41. The molecule has 3 nitrogen and oxygen atoms in total. The molecular weight excluding hydrogens is 228 g/mol. The molecular formula is C12H17F2NO2. The van der Waals surface area contributed by atoms with Crippen molar-refractivity contribution in [2.24, 2.45) is 0 Å². The van der Waals surface area contributed by atoms with E-state index in [0.717, 1.165) is 12.5 Å². The van der Waals surface area contributed by atoms with Crippen molar-refractivity contribution in [3.63, 3.8) is 0 Å². The van der Waals surface area contributed by atoms with Crippen LogP contribution >= 0.6 is 0 Å². The monoisotopic (exact) mass is 245 g/mol. The fourth-order valence-electron chi connectivity index (χ4n) is 1.41. The number of nitrogens with one attached hydrogen (secondary N) is 1.